The van der Waals surface area contributed by atoms with Gasteiger partial charge in [-0.05, 0) is 37.3 Å². The Kier molecular flexibility index (Phi) is 4.83. The predicted octanol–water partition coefficient (Wildman–Crippen LogP) is 3.89. The van der Waals surface area contributed by atoms with Crippen molar-refractivity contribution in [2.45, 2.75) is 13.5 Å². The number of hydrogen-bond acceptors (Lipinski definition) is 7. The smallest absolute Gasteiger partial charge is 0.322 e. The highest BCUT2D eigenvalue weighted by atomic mass is 16.5. The van der Waals surface area contributed by atoms with Crippen LogP contribution in [0.4, 0.5) is 0 Å². The van der Waals surface area contributed by atoms with Crippen LogP contribution in [0.5, 0.6) is 23.3 Å². The Balaban J connectivity index is 1.39. The quantitative estimate of drug-likeness (QED) is 0.430. The SMILES string of the molecule is COc1cc2cnc(Oc3ccc4[nH]c(C)cc4c3)nc2cc1OCCn1cncn1. The number of aromatic nitrogens is 6. The Morgan fingerprint density at radius 3 is 2.84 bits per heavy atom. The van der Waals surface area contributed by atoms with Crippen LogP contribution < -0.4 is 14.2 Å². The van der Waals surface area contributed by atoms with E-state index in [0.717, 1.165) is 22.0 Å². The number of hydrogen-bond donors (Lipinski definition) is 1. The predicted molar refractivity (Wildman–Crippen MR) is 115 cm³/mol. The molecule has 0 bridgehead atoms. The first-order chi connectivity index (χ1) is 15.2. The minimum atomic E-state index is 0.262. The van der Waals surface area contributed by atoms with Gasteiger partial charge >= 0.3 is 6.01 Å². The summed E-state index contributed by atoms with van der Waals surface area (Å²) in [5.41, 5.74) is 2.85. The van der Waals surface area contributed by atoms with E-state index in [0.29, 0.717) is 35.9 Å². The van der Waals surface area contributed by atoms with Crippen molar-refractivity contribution in [2.24, 2.45) is 0 Å². The molecule has 31 heavy (non-hydrogen) atoms. The van der Waals surface area contributed by atoms with E-state index in [1.807, 2.05) is 37.3 Å². The van der Waals surface area contributed by atoms with Crippen molar-refractivity contribution in [3.63, 3.8) is 0 Å². The van der Waals surface area contributed by atoms with Crippen molar-refractivity contribution in [1.82, 2.24) is 29.7 Å². The van der Waals surface area contributed by atoms with E-state index in [9.17, 15) is 0 Å². The van der Waals surface area contributed by atoms with Gasteiger partial charge in [-0.2, -0.15) is 10.1 Å². The maximum absolute atomic E-state index is 5.90. The first-order valence-corrected chi connectivity index (χ1v) is 9.75. The number of nitrogens with zero attached hydrogens (tertiary/aromatic N) is 5. The molecular weight excluding hydrogens is 396 g/mol. The van der Waals surface area contributed by atoms with Crippen LogP contribution in [-0.2, 0) is 6.54 Å². The molecule has 0 aliphatic carbocycles. The molecule has 3 heterocycles. The maximum Gasteiger partial charge on any atom is 0.322 e. The summed E-state index contributed by atoms with van der Waals surface area (Å²) < 4.78 is 19.0. The maximum atomic E-state index is 5.90. The molecule has 0 radical (unpaired) electrons. The van der Waals surface area contributed by atoms with Crippen LogP contribution in [0.3, 0.4) is 0 Å². The normalized spacial score (nSPS) is 11.2. The number of nitrogens with one attached hydrogen (secondary N) is 1. The lowest BCUT2D eigenvalue weighted by atomic mass is 10.2. The molecule has 0 aliphatic rings. The summed E-state index contributed by atoms with van der Waals surface area (Å²) in [6.45, 7) is 3.00. The minimum Gasteiger partial charge on any atom is -0.493 e. The Bertz CT molecular complexity index is 1350. The van der Waals surface area contributed by atoms with E-state index in [2.05, 4.69) is 31.1 Å². The van der Waals surface area contributed by atoms with Crippen LogP contribution >= 0.6 is 0 Å². The van der Waals surface area contributed by atoms with Crippen LogP contribution in [0.1, 0.15) is 5.69 Å². The van der Waals surface area contributed by atoms with E-state index >= 15 is 0 Å². The molecule has 5 rings (SSSR count). The van der Waals surface area contributed by atoms with E-state index in [-0.39, 0.29) is 6.01 Å². The van der Waals surface area contributed by atoms with Gasteiger partial charge in [0.15, 0.2) is 11.5 Å². The van der Waals surface area contributed by atoms with Gasteiger partial charge in [0.05, 0.1) is 19.2 Å². The molecule has 0 aliphatic heterocycles. The molecule has 0 spiro atoms. The number of aromatic amines is 1. The Hall–Kier alpha value is -4.14. The lowest BCUT2D eigenvalue weighted by Crippen LogP contribution is -2.09. The fourth-order valence-electron chi connectivity index (χ4n) is 3.37. The highest BCUT2D eigenvalue weighted by Crippen LogP contribution is 2.32. The zero-order chi connectivity index (χ0) is 21.2. The molecule has 2 aromatic carbocycles. The van der Waals surface area contributed by atoms with Crippen LogP contribution in [-0.4, -0.2) is 43.4 Å². The van der Waals surface area contributed by atoms with E-state index < -0.39 is 0 Å². The minimum absolute atomic E-state index is 0.262. The number of ether oxygens (including phenoxy) is 3. The second-order valence-electron chi connectivity index (χ2n) is 7.02. The van der Waals surface area contributed by atoms with Crippen molar-refractivity contribution >= 4 is 21.8 Å². The van der Waals surface area contributed by atoms with Gasteiger partial charge in [0.25, 0.3) is 0 Å². The lowest BCUT2D eigenvalue weighted by Gasteiger charge is -2.12. The van der Waals surface area contributed by atoms with Gasteiger partial charge in [-0.3, -0.25) is 0 Å². The van der Waals surface area contributed by atoms with Crippen molar-refractivity contribution < 1.29 is 14.2 Å². The topological polar surface area (TPSA) is 100.0 Å². The number of H-pyrrole nitrogens is 1. The van der Waals surface area contributed by atoms with Gasteiger partial charge in [-0.1, -0.05) is 0 Å². The molecule has 9 nitrogen and oxygen atoms in total. The van der Waals surface area contributed by atoms with Crippen LogP contribution in [0.2, 0.25) is 0 Å². The van der Waals surface area contributed by atoms with Crippen molar-refractivity contribution in [3.05, 3.63) is 60.9 Å². The summed E-state index contributed by atoms with van der Waals surface area (Å²) in [6.07, 6.45) is 4.84. The van der Waals surface area contributed by atoms with E-state index in [4.69, 9.17) is 14.2 Å². The molecule has 1 N–H and O–H groups in total. The summed E-state index contributed by atoms with van der Waals surface area (Å²) >= 11 is 0. The second kappa shape index (κ2) is 7.94. The molecule has 3 aromatic heterocycles. The molecule has 5 aromatic rings. The number of benzene rings is 2. The molecule has 0 unspecified atom stereocenters. The summed E-state index contributed by atoms with van der Waals surface area (Å²) in [7, 11) is 1.60. The fourth-order valence-corrected chi connectivity index (χ4v) is 3.37. The van der Waals surface area contributed by atoms with Crippen molar-refractivity contribution in [1.29, 1.82) is 0 Å². The van der Waals surface area contributed by atoms with Gasteiger partial charge in [-0.15, -0.1) is 0 Å². The Labute approximate surface area is 177 Å². The van der Waals surface area contributed by atoms with E-state index in [1.165, 1.54) is 6.33 Å². The zero-order valence-corrected chi connectivity index (χ0v) is 17.1. The van der Waals surface area contributed by atoms with Crippen LogP contribution in [0.25, 0.3) is 21.8 Å². The van der Waals surface area contributed by atoms with Gasteiger partial charge in [-0.25, -0.2) is 14.6 Å². The molecule has 9 heteroatoms. The van der Waals surface area contributed by atoms with Crippen molar-refractivity contribution in [2.75, 3.05) is 13.7 Å². The summed E-state index contributed by atoms with van der Waals surface area (Å²) in [4.78, 5) is 16.1. The average Bonchev–Trinajstić information content (AvgIpc) is 3.41. The molecular formula is C22H20N6O3. The number of methoxy groups -OCH3 is 1. The number of fused-ring (bicyclic) bond motifs is 2. The Morgan fingerprint density at radius 1 is 1.06 bits per heavy atom. The lowest BCUT2D eigenvalue weighted by molar-refractivity contribution is 0.274. The second-order valence-corrected chi connectivity index (χ2v) is 7.02. The summed E-state index contributed by atoms with van der Waals surface area (Å²) in [6, 6.07) is 11.8. The van der Waals surface area contributed by atoms with Gasteiger partial charge in [0.2, 0.25) is 0 Å². The highest BCUT2D eigenvalue weighted by Gasteiger charge is 2.11. The van der Waals surface area contributed by atoms with E-state index in [1.54, 1.807) is 24.3 Å². The molecule has 0 amide bonds. The van der Waals surface area contributed by atoms with Crippen LogP contribution in [0, 0.1) is 6.92 Å². The molecule has 0 atom stereocenters. The largest absolute Gasteiger partial charge is 0.493 e. The molecule has 0 saturated heterocycles. The first kappa shape index (κ1) is 18.9. The molecule has 0 saturated carbocycles. The van der Waals surface area contributed by atoms with Gasteiger partial charge < -0.3 is 19.2 Å². The Morgan fingerprint density at radius 2 is 2.00 bits per heavy atom. The third-order valence-corrected chi connectivity index (χ3v) is 4.82. The van der Waals surface area contributed by atoms with Crippen molar-refractivity contribution in [3.8, 4) is 23.3 Å². The van der Waals surface area contributed by atoms with Gasteiger partial charge in [0.1, 0.15) is 25.0 Å². The average molecular weight is 416 g/mol. The highest BCUT2D eigenvalue weighted by molar-refractivity contribution is 5.83. The number of aryl methyl sites for hydroxylation is 1. The summed E-state index contributed by atoms with van der Waals surface area (Å²) in [5.74, 6) is 1.87. The molecule has 0 fully saturated rings. The summed E-state index contributed by atoms with van der Waals surface area (Å²) in [5, 5.41) is 5.96. The van der Waals surface area contributed by atoms with Crippen LogP contribution in [0.15, 0.2) is 55.2 Å². The molecule has 156 valence electrons. The monoisotopic (exact) mass is 416 g/mol. The first-order valence-electron chi connectivity index (χ1n) is 9.75. The standard InChI is InChI=1S/C22H20N6O3/c1-14-7-15-8-17(3-4-18(15)26-14)31-22-24-11-16-9-20(29-2)21(10-19(16)27-22)30-6-5-28-13-23-12-25-28/h3-4,7-13,26H,5-6H2,1-2H3. The third kappa shape index (κ3) is 3.97. The third-order valence-electron chi connectivity index (χ3n) is 4.82. The fraction of sp³-hybridized carbons (Fsp3) is 0.182. The van der Waals surface area contributed by atoms with Gasteiger partial charge in [0, 0.05) is 34.2 Å². The number of rotatable bonds is 7. The zero-order valence-electron chi connectivity index (χ0n) is 17.1.